The maximum atomic E-state index is 12.2. The van der Waals surface area contributed by atoms with Crippen LogP contribution < -0.4 is 0 Å². The summed E-state index contributed by atoms with van der Waals surface area (Å²) in [5.41, 5.74) is 1.12. The molecule has 0 aliphatic carbocycles. The summed E-state index contributed by atoms with van der Waals surface area (Å²) in [6.07, 6.45) is -4.61. The highest BCUT2D eigenvalue weighted by atomic mass is 127. The van der Waals surface area contributed by atoms with Crippen molar-refractivity contribution in [3.8, 4) is 0 Å². The van der Waals surface area contributed by atoms with Gasteiger partial charge in [0.2, 0.25) is 5.17 Å². The lowest BCUT2D eigenvalue weighted by Crippen LogP contribution is -2.16. The fraction of sp³-hybridized carbons (Fsp3) is 0.222. The molecule has 0 aliphatic heterocycles. The molecule has 7 heteroatoms. The number of aliphatic imine (C=N–C) groups is 1. The highest BCUT2D eigenvalue weighted by Crippen LogP contribution is 2.31. The van der Waals surface area contributed by atoms with Crippen LogP contribution in [-0.2, 0) is 0 Å². The van der Waals surface area contributed by atoms with E-state index in [1.165, 1.54) is 6.07 Å². The van der Waals surface area contributed by atoms with Gasteiger partial charge in [0.15, 0.2) is 0 Å². The minimum atomic E-state index is -4.61. The van der Waals surface area contributed by atoms with E-state index in [9.17, 15) is 13.2 Å². The number of hydrogen-bond donors (Lipinski definition) is 0. The lowest BCUT2D eigenvalue weighted by Gasteiger charge is -2.06. The Balaban J connectivity index is 3.21. The van der Waals surface area contributed by atoms with Gasteiger partial charge in [-0.25, -0.2) is 4.99 Å². The van der Waals surface area contributed by atoms with Crippen molar-refractivity contribution in [2.24, 2.45) is 4.99 Å². The van der Waals surface area contributed by atoms with E-state index in [4.69, 9.17) is 11.6 Å². The lowest BCUT2D eigenvalue weighted by molar-refractivity contribution is -0.0558. The Bertz CT molecular complexity index is 445. The molecule has 0 amide bonds. The Hall–Kier alpha value is 0.180. The number of alkyl halides is 3. The second kappa shape index (κ2) is 5.22. The van der Waals surface area contributed by atoms with Gasteiger partial charge in [0.05, 0.1) is 5.69 Å². The van der Waals surface area contributed by atoms with Gasteiger partial charge < -0.3 is 0 Å². The maximum Gasteiger partial charge on any atom is 0.444 e. The van der Waals surface area contributed by atoms with E-state index in [2.05, 4.69) is 20.9 Å². The first-order chi connectivity index (χ1) is 7.21. The first-order valence-electron chi connectivity index (χ1n) is 3.99. The van der Waals surface area contributed by atoms with Crippen LogP contribution in [0.5, 0.6) is 0 Å². The van der Waals surface area contributed by atoms with E-state index in [0.717, 1.165) is 5.56 Å². The molecule has 0 bridgehead atoms. The summed E-state index contributed by atoms with van der Waals surface area (Å²) in [5.74, 6) is 0. The van der Waals surface area contributed by atoms with Crippen molar-refractivity contribution in [1.82, 2.24) is 0 Å². The molecule has 0 aromatic heterocycles. The second-order valence-electron chi connectivity index (χ2n) is 2.95. The average Bonchev–Trinajstić information content (AvgIpc) is 2.12. The topological polar surface area (TPSA) is 12.4 Å². The molecule has 1 rings (SSSR count). The summed E-state index contributed by atoms with van der Waals surface area (Å²) in [5, 5.41) is -1.37. The van der Waals surface area contributed by atoms with E-state index < -0.39 is 11.3 Å². The van der Waals surface area contributed by atoms with Gasteiger partial charge in [-0.1, -0.05) is 27.5 Å². The molecule has 1 aromatic rings. The molecule has 0 saturated heterocycles. The summed E-state index contributed by atoms with van der Waals surface area (Å²) >= 11 is 10.2. The molecule has 0 unspecified atom stereocenters. The van der Waals surface area contributed by atoms with Crippen LogP contribution in [0.4, 0.5) is 18.9 Å². The van der Waals surface area contributed by atoms with Crippen LogP contribution in [-0.4, -0.2) is 11.3 Å². The van der Waals surface area contributed by atoms with Crippen LogP contribution in [0.3, 0.4) is 0 Å². The Morgan fingerprint density at radius 1 is 1.44 bits per heavy atom. The molecule has 0 N–H and O–H groups in total. The molecule has 88 valence electrons. The Labute approximate surface area is 117 Å². The van der Waals surface area contributed by atoms with Crippen LogP contribution in [0.1, 0.15) is 5.56 Å². The molecule has 1 aromatic carbocycles. The number of benzene rings is 1. The summed E-state index contributed by atoms with van der Waals surface area (Å²) in [6, 6.07) is 3.23. The Morgan fingerprint density at radius 2 is 2.00 bits per heavy atom. The first-order valence-corrected chi connectivity index (χ1v) is 6.24. The van der Waals surface area contributed by atoms with Crippen LogP contribution in [0, 0.1) is 10.5 Å². The van der Waals surface area contributed by atoms with Gasteiger partial charge >= 0.3 is 6.18 Å². The fourth-order valence-electron chi connectivity index (χ4n) is 0.891. The van der Waals surface area contributed by atoms with Crippen molar-refractivity contribution in [3.05, 3.63) is 25.7 Å². The molecule has 0 atom stereocenters. The predicted octanol–water partition coefficient (Wildman–Crippen LogP) is 5.19. The van der Waals surface area contributed by atoms with Gasteiger partial charge in [-0.15, -0.1) is 0 Å². The number of aryl methyl sites for hydroxylation is 1. The molecule has 0 fully saturated rings. The number of halogens is 6. The minimum absolute atomic E-state index is 0.195. The standard InChI is InChI=1S/C9H5BrClF3IN/c1-4-2-6(15)7(3-5(4)10)16-8(11)9(12,13)14/h2-3H,1H3. The van der Waals surface area contributed by atoms with Crippen molar-refractivity contribution in [2.75, 3.05) is 0 Å². The number of hydrogen-bond acceptors (Lipinski definition) is 1. The highest BCUT2D eigenvalue weighted by molar-refractivity contribution is 14.1. The smallest absolute Gasteiger partial charge is 0.231 e. The average molecular weight is 426 g/mol. The summed E-state index contributed by atoms with van der Waals surface area (Å²) in [4.78, 5) is 3.35. The van der Waals surface area contributed by atoms with Gasteiger partial charge in [0.1, 0.15) is 0 Å². The molecule has 0 aliphatic rings. The quantitative estimate of drug-likeness (QED) is 0.433. The number of rotatable bonds is 1. The third-order valence-corrected chi connectivity index (χ3v) is 3.70. The summed E-state index contributed by atoms with van der Waals surface area (Å²) < 4.78 is 37.8. The zero-order valence-electron chi connectivity index (χ0n) is 7.87. The van der Waals surface area contributed by atoms with Crippen LogP contribution in [0.25, 0.3) is 0 Å². The third-order valence-electron chi connectivity index (χ3n) is 1.68. The van der Waals surface area contributed by atoms with E-state index in [-0.39, 0.29) is 5.69 Å². The van der Waals surface area contributed by atoms with Crippen molar-refractivity contribution in [3.63, 3.8) is 0 Å². The lowest BCUT2D eigenvalue weighted by atomic mass is 10.2. The van der Waals surface area contributed by atoms with Crippen molar-refractivity contribution in [2.45, 2.75) is 13.1 Å². The third kappa shape index (κ3) is 3.59. The van der Waals surface area contributed by atoms with Gasteiger partial charge in [0.25, 0.3) is 0 Å². The van der Waals surface area contributed by atoms with Gasteiger partial charge in [-0.2, -0.15) is 13.2 Å². The molecular weight excluding hydrogens is 421 g/mol. The summed E-state index contributed by atoms with van der Waals surface area (Å²) in [6.45, 7) is 1.84. The molecule has 0 heterocycles. The largest absolute Gasteiger partial charge is 0.444 e. The zero-order chi connectivity index (χ0) is 12.5. The molecule has 0 saturated carbocycles. The summed E-state index contributed by atoms with van der Waals surface area (Å²) in [7, 11) is 0. The monoisotopic (exact) mass is 425 g/mol. The van der Waals surface area contributed by atoms with E-state index >= 15 is 0 Å². The Morgan fingerprint density at radius 3 is 2.50 bits per heavy atom. The van der Waals surface area contributed by atoms with Gasteiger partial charge in [-0.05, 0) is 47.2 Å². The van der Waals surface area contributed by atoms with Crippen LogP contribution in [0.2, 0.25) is 0 Å². The maximum absolute atomic E-state index is 12.2. The van der Waals surface area contributed by atoms with E-state index in [0.29, 0.717) is 8.04 Å². The molecule has 16 heavy (non-hydrogen) atoms. The molecule has 0 radical (unpaired) electrons. The van der Waals surface area contributed by atoms with Gasteiger partial charge in [0, 0.05) is 8.04 Å². The zero-order valence-corrected chi connectivity index (χ0v) is 12.4. The SMILES string of the molecule is Cc1cc(I)c(N=C(Cl)C(F)(F)F)cc1Br. The van der Waals surface area contributed by atoms with Crippen molar-refractivity contribution >= 4 is 61.0 Å². The van der Waals surface area contributed by atoms with Crippen LogP contribution in [0.15, 0.2) is 21.6 Å². The van der Waals surface area contributed by atoms with Crippen molar-refractivity contribution in [1.29, 1.82) is 0 Å². The molecule has 0 spiro atoms. The van der Waals surface area contributed by atoms with Crippen LogP contribution >= 0.6 is 50.1 Å². The van der Waals surface area contributed by atoms with E-state index in [1.54, 1.807) is 6.07 Å². The first kappa shape index (κ1) is 14.2. The predicted molar refractivity (Wildman–Crippen MR) is 70.6 cm³/mol. The highest BCUT2D eigenvalue weighted by Gasteiger charge is 2.34. The van der Waals surface area contributed by atoms with Crippen molar-refractivity contribution < 1.29 is 13.2 Å². The van der Waals surface area contributed by atoms with E-state index in [1.807, 2.05) is 29.5 Å². The fourth-order valence-corrected chi connectivity index (χ4v) is 2.06. The number of nitrogens with zero attached hydrogens (tertiary/aromatic N) is 1. The minimum Gasteiger partial charge on any atom is -0.231 e. The molecule has 1 nitrogen and oxygen atoms in total. The van der Waals surface area contributed by atoms with Gasteiger partial charge in [-0.3, -0.25) is 0 Å². The Kier molecular flexibility index (Phi) is 4.65. The second-order valence-corrected chi connectivity index (χ2v) is 5.33. The molecular formula is C9H5BrClF3IN. The normalized spacial score (nSPS) is 13.1.